The fraction of sp³-hybridized carbons (Fsp3) is 0.562. The van der Waals surface area contributed by atoms with Gasteiger partial charge < -0.3 is 10.4 Å². The van der Waals surface area contributed by atoms with Crippen molar-refractivity contribution in [3.63, 3.8) is 0 Å². The molecular weight excluding hydrogens is 238 g/mol. The molecule has 1 saturated carbocycles. The van der Waals surface area contributed by atoms with E-state index in [0.717, 1.165) is 6.42 Å². The minimum atomic E-state index is -0.291. The second-order valence-corrected chi connectivity index (χ2v) is 6.06. The molecule has 19 heavy (non-hydrogen) atoms. The standard InChI is InChI=1S/C16H23NO2/c1-16(12-18,10-14-5-3-2-4-6-14)11-17-15(19)9-13-7-8-13/h2-6,13,18H,7-12H2,1H3,(H,17,19)/t16-/m0/s1. The maximum absolute atomic E-state index is 11.7. The van der Waals surface area contributed by atoms with Crippen LogP contribution in [-0.4, -0.2) is 24.2 Å². The molecule has 1 atom stereocenters. The van der Waals surface area contributed by atoms with Gasteiger partial charge in [-0.15, -0.1) is 0 Å². The molecule has 1 aliphatic carbocycles. The second kappa shape index (κ2) is 6.20. The molecule has 3 nitrogen and oxygen atoms in total. The Morgan fingerprint density at radius 3 is 2.63 bits per heavy atom. The van der Waals surface area contributed by atoms with E-state index < -0.39 is 0 Å². The van der Waals surface area contributed by atoms with Crippen LogP contribution < -0.4 is 5.32 Å². The van der Waals surface area contributed by atoms with Crippen LogP contribution in [0.15, 0.2) is 30.3 Å². The zero-order valence-corrected chi connectivity index (χ0v) is 11.6. The Kier molecular flexibility index (Phi) is 4.59. The van der Waals surface area contributed by atoms with Crippen molar-refractivity contribution in [2.75, 3.05) is 13.2 Å². The first-order valence-corrected chi connectivity index (χ1v) is 7.03. The number of carbonyl (C=O) groups is 1. The third-order valence-electron chi connectivity index (χ3n) is 3.74. The highest BCUT2D eigenvalue weighted by Gasteiger charge is 2.27. The molecule has 0 heterocycles. The maximum atomic E-state index is 11.7. The van der Waals surface area contributed by atoms with Gasteiger partial charge in [-0.2, -0.15) is 0 Å². The maximum Gasteiger partial charge on any atom is 0.220 e. The Morgan fingerprint density at radius 2 is 2.05 bits per heavy atom. The summed E-state index contributed by atoms with van der Waals surface area (Å²) in [5.74, 6) is 0.727. The lowest BCUT2D eigenvalue weighted by Crippen LogP contribution is -2.39. The number of hydrogen-bond donors (Lipinski definition) is 2. The summed E-state index contributed by atoms with van der Waals surface area (Å²) in [4.78, 5) is 11.7. The van der Waals surface area contributed by atoms with E-state index in [1.807, 2.05) is 25.1 Å². The minimum Gasteiger partial charge on any atom is -0.396 e. The van der Waals surface area contributed by atoms with Gasteiger partial charge in [0.1, 0.15) is 0 Å². The average molecular weight is 261 g/mol. The number of hydrogen-bond acceptors (Lipinski definition) is 2. The number of amides is 1. The zero-order valence-electron chi connectivity index (χ0n) is 11.6. The summed E-state index contributed by atoms with van der Waals surface area (Å²) >= 11 is 0. The summed E-state index contributed by atoms with van der Waals surface area (Å²) in [6.45, 7) is 2.62. The molecule has 1 aromatic rings. The molecule has 0 unspecified atom stereocenters. The predicted molar refractivity (Wildman–Crippen MR) is 75.7 cm³/mol. The van der Waals surface area contributed by atoms with Crippen molar-refractivity contribution in [1.82, 2.24) is 5.32 Å². The molecule has 0 spiro atoms. The van der Waals surface area contributed by atoms with Crippen LogP contribution in [0.4, 0.5) is 0 Å². The number of carbonyl (C=O) groups excluding carboxylic acids is 1. The molecule has 1 aliphatic rings. The van der Waals surface area contributed by atoms with Gasteiger partial charge in [0.25, 0.3) is 0 Å². The lowest BCUT2D eigenvalue weighted by molar-refractivity contribution is -0.122. The predicted octanol–water partition coefficient (Wildman–Crippen LogP) is 2.14. The molecule has 1 amide bonds. The molecule has 1 aromatic carbocycles. The van der Waals surface area contributed by atoms with Gasteiger partial charge in [0.05, 0.1) is 6.61 Å². The van der Waals surface area contributed by atoms with Crippen molar-refractivity contribution >= 4 is 5.91 Å². The Labute approximate surface area is 115 Å². The van der Waals surface area contributed by atoms with Crippen molar-refractivity contribution in [2.24, 2.45) is 11.3 Å². The fourth-order valence-corrected chi connectivity index (χ4v) is 2.23. The average Bonchev–Trinajstić information content (AvgIpc) is 3.22. The first-order chi connectivity index (χ1) is 9.11. The van der Waals surface area contributed by atoms with E-state index >= 15 is 0 Å². The van der Waals surface area contributed by atoms with Gasteiger partial charge in [-0.3, -0.25) is 4.79 Å². The van der Waals surface area contributed by atoms with Crippen LogP contribution in [0.1, 0.15) is 31.7 Å². The van der Waals surface area contributed by atoms with Crippen molar-refractivity contribution in [2.45, 2.75) is 32.6 Å². The quantitative estimate of drug-likeness (QED) is 0.790. The van der Waals surface area contributed by atoms with E-state index in [9.17, 15) is 9.90 Å². The lowest BCUT2D eigenvalue weighted by atomic mass is 9.84. The van der Waals surface area contributed by atoms with Gasteiger partial charge in [-0.1, -0.05) is 37.3 Å². The van der Waals surface area contributed by atoms with Crippen LogP contribution in [0.3, 0.4) is 0 Å². The SMILES string of the molecule is C[C@@](CO)(CNC(=O)CC1CC1)Cc1ccccc1. The van der Waals surface area contributed by atoms with E-state index in [4.69, 9.17) is 0 Å². The summed E-state index contributed by atoms with van der Waals surface area (Å²) in [5.41, 5.74) is 0.899. The van der Waals surface area contributed by atoms with E-state index in [-0.39, 0.29) is 17.9 Å². The number of aliphatic hydroxyl groups is 1. The third kappa shape index (κ3) is 4.67. The lowest BCUT2D eigenvalue weighted by Gasteiger charge is -2.27. The highest BCUT2D eigenvalue weighted by molar-refractivity contribution is 5.76. The van der Waals surface area contributed by atoms with Gasteiger partial charge in [-0.25, -0.2) is 0 Å². The molecule has 0 aliphatic heterocycles. The molecule has 1 fully saturated rings. The Hall–Kier alpha value is -1.35. The van der Waals surface area contributed by atoms with Gasteiger partial charge >= 0.3 is 0 Å². The molecule has 0 saturated heterocycles. The van der Waals surface area contributed by atoms with Crippen LogP contribution in [0.2, 0.25) is 0 Å². The summed E-state index contributed by atoms with van der Waals surface area (Å²) in [6, 6.07) is 10.1. The first-order valence-electron chi connectivity index (χ1n) is 7.03. The zero-order chi connectivity index (χ0) is 13.7. The van der Waals surface area contributed by atoms with Gasteiger partial charge in [0.2, 0.25) is 5.91 Å². The first kappa shape index (κ1) is 14.1. The molecule has 2 rings (SSSR count). The van der Waals surface area contributed by atoms with E-state index in [1.54, 1.807) is 0 Å². The Balaban J connectivity index is 1.84. The van der Waals surface area contributed by atoms with Crippen molar-refractivity contribution in [3.8, 4) is 0 Å². The largest absolute Gasteiger partial charge is 0.396 e. The highest BCUT2D eigenvalue weighted by Crippen LogP contribution is 2.32. The summed E-state index contributed by atoms with van der Waals surface area (Å²) < 4.78 is 0. The molecular formula is C16H23NO2. The molecule has 104 valence electrons. The Bertz CT molecular complexity index is 414. The Morgan fingerprint density at radius 1 is 1.37 bits per heavy atom. The number of rotatable bonds is 7. The van der Waals surface area contributed by atoms with Gasteiger partial charge in [0, 0.05) is 18.4 Å². The smallest absolute Gasteiger partial charge is 0.220 e. The van der Waals surface area contributed by atoms with E-state index in [2.05, 4.69) is 17.4 Å². The van der Waals surface area contributed by atoms with Crippen LogP contribution in [0.5, 0.6) is 0 Å². The molecule has 0 radical (unpaired) electrons. The monoisotopic (exact) mass is 261 g/mol. The molecule has 3 heteroatoms. The minimum absolute atomic E-state index is 0.0750. The van der Waals surface area contributed by atoms with Crippen LogP contribution in [-0.2, 0) is 11.2 Å². The van der Waals surface area contributed by atoms with Crippen molar-refractivity contribution in [3.05, 3.63) is 35.9 Å². The van der Waals surface area contributed by atoms with Crippen LogP contribution in [0, 0.1) is 11.3 Å². The van der Waals surface area contributed by atoms with Crippen LogP contribution in [0.25, 0.3) is 0 Å². The van der Waals surface area contributed by atoms with Crippen molar-refractivity contribution in [1.29, 1.82) is 0 Å². The summed E-state index contributed by atoms with van der Waals surface area (Å²) in [7, 11) is 0. The number of aliphatic hydroxyl groups excluding tert-OH is 1. The highest BCUT2D eigenvalue weighted by atomic mass is 16.3. The number of nitrogens with one attached hydrogen (secondary N) is 1. The summed E-state index contributed by atoms with van der Waals surface area (Å²) in [6.07, 6.45) is 3.80. The van der Waals surface area contributed by atoms with Crippen LogP contribution >= 0.6 is 0 Å². The molecule has 0 aromatic heterocycles. The van der Waals surface area contributed by atoms with E-state index in [0.29, 0.717) is 18.9 Å². The van der Waals surface area contributed by atoms with Crippen molar-refractivity contribution < 1.29 is 9.90 Å². The molecule has 2 N–H and O–H groups in total. The van der Waals surface area contributed by atoms with Gasteiger partial charge in [-0.05, 0) is 30.7 Å². The topological polar surface area (TPSA) is 49.3 Å². The van der Waals surface area contributed by atoms with Gasteiger partial charge in [0.15, 0.2) is 0 Å². The summed E-state index contributed by atoms with van der Waals surface area (Å²) in [5, 5.41) is 12.6. The molecule has 0 bridgehead atoms. The second-order valence-electron chi connectivity index (χ2n) is 6.06. The third-order valence-corrected chi connectivity index (χ3v) is 3.74. The normalized spacial score (nSPS) is 17.8. The fourth-order valence-electron chi connectivity index (χ4n) is 2.23. The number of benzene rings is 1. The van der Waals surface area contributed by atoms with E-state index in [1.165, 1.54) is 18.4 Å².